The molecule has 0 fully saturated rings. The Morgan fingerprint density at radius 1 is 1.36 bits per heavy atom. The van der Waals surface area contributed by atoms with Crippen molar-refractivity contribution in [3.63, 3.8) is 0 Å². The van der Waals surface area contributed by atoms with E-state index in [9.17, 15) is 9.59 Å². The first-order chi connectivity index (χ1) is 12.0. The lowest BCUT2D eigenvalue weighted by Crippen LogP contribution is -2.27. The number of halogens is 1. The lowest BCUT2D eigenvalue weighted by atomic mass is 10.2. The van der Waals surface area contributed by atoms with Gasteiger partial charge in [-0.1, -0.05) is 29.4 Å². The summed E-state index contributed by atoms with van der Waals surface area (Å²) >= 11 is 8.78. The van der Waals surface area contributed by atoms with E-state index < -0.39 is 5.97 Å². The molecule has 1 aromatic carbocycles. The van der Waals surface area contributed by atoms with Gasteiger partial charge in [0.15, 0.2) is 5.16 Å². The highest BCUT2D eigenvalue weighted by molar-refractivity contribution is 8.00. The molecule has 0 aliphatic rings. The number of carboxylic acids is 1. The first kappa shape index (κ1) is 19.7. The van der Waals surface area contributed by atoms with E-state index in [1.165, 1.54) is 23.5 Å². The number of rotatable bonds is 9. The maximum atomic E-state index is 11.9. The second-order valence-electron chi connectivity index (χ2n) is 5.05. The quantitative estimate of drug-likeness (QED) is 0.498. The van der Waals surface area contributed by atoms with E-state index in [0.717, 1.165) is 11.3 Å². The van der Waals surface area contributed by atoms with Crippen molar-refractivity contribution in [2.75, 3.05) is 23.8 Å². The Balaban J connectivity index is 1.86. The van der Waals surface area contributed by atoms with Crippen molar-refractivity contribution in [1.82, 2.24) is 14.9 Å². The van der Waals surface area contributed by atoms with Crippen molar-refractivity contribution in [2.45, 2.75) is 12.1 Å². The minimum absolute atomic E-state index is 0.0427. The van der Waals surface area contributed by atoms with E-state index in [1.54, 1.807) is 6.20 Å². The number of imidazole rings is 1. The molecule has 0 bridgehead atoms. The standard InChI is InChI=1S/C16H18ClN3O3S2/c1-11-12(17)3-2-4-13(11)20-7-5-19-16(20)25-9-14(21)18-6-8-24-10-15(22)23/h2-5,7H,6,8-10H2,1H3,(H,18,21)(H,22,23). The average molecular weight is 400 g/mol. The van der Waals surface area contributed by atoms with Gasteiger partial charge >= 0.3 is 5.97 Å². The van der Waals surface area contributed by atoms with Crippen LogP contribution in [0.5, 0.6) is 0 Å². The maximum Gasteiger partial charge on any atom is 0.313 e. The molecule has 0 saturated carbocycles. The number of amides is 1. The first-order valence-corrected chi connectivity index (χ1v) is 9.98. The van der Waals surface area contributed by atoms with E-state index in [0.29, 0.717) is 22.5 Å². The Morgan fingerprint density at radius 2 is 2.16 bits per heavy atom. The number of nitrogens with zero attached hydrogens (tertiary/aromatic N) is 2. The van der Waals surface area contributed by atoms with Crippen molar-refractivity contribution in [1.29, 1.82) is 0 Å². The molecule has 0 spiro atoms. The van der Waals surface area contributed by atoms with Gasteiger partial charge in [0, 0.05) is 29.7 Å². The fourth-order valence-electron chi connectivity index (χ4n) is 2.04. The topological polar surface area (TPSA) is 84.2 Å². The monoisotopic (exact) mass is 399 g/mol. The lowest BCUT2D eigenvalue weighted by Gasteiger charge is -2.11. The number of nitrogens with one attached hydrogen (secondary N) is 1. The van der Waals surface area contributed by atoms with Crippen LogP contribution in [0.25, 0.3) is 5.69 Å². The van der Waals surface area contributed by atoms with Crippen LogP contribution >= 0.6 is 35.1 Å². The normalized spacial score (nSPS) is 10.6. The van der Waals surface area contributed by atoms with Crippen LogP contribution in [-0.4, -0.2) is 50.3 Å². The van der Waals surface area contributed by atoms with Crippen LogP contribution in [0.2, 0.25) is 5.02 Å². The molecule has 0 radical (unpaired) electrons. The molecular formula is C16H18ClN3O3S2. The summed E-state index contributed by atoms with van der Waals surface area (Å²) in [4.78, 5) is 26.6. The van der Waals surface area contributed by atoms with Gasteiger partial charge in [-0.15, -0.1) is 11.8 Å². The minimum Gasteiger partial charge on any atom is -0.481 e. The third-order valence-electron chi connectivity index (χ3n) is 3.23. The SMILES string of the molecule is Cc1c(Cl)cccc1-n1ccnc1SCC(=O)NCCSCC(=O)O. The number of benzene rings is 1. The Kier molecular flexibility index (Phi) is 7.67. The van der Waals surface area contributed by atoms with Crippen LogP contribution in [0, 0.1) is 6.92 Å². The zero-order chi connectivity index (χ0) is 18.2. The summed E-state index contributed by atoms with van der Waals surface area (Å²) in [5.41, 5.74) is 1.88. The molecule has 2 aromatic rings. The number of thioether (sulfide) groups is 2. The maximum absolute atomic E-state index is 11.9. The summed E-state index contributed by atoms with van der Waals surface area (Å²) in [7, 11) is 0. The lowest BCUT2D eigenvalue weighted by molar-refractivity contribution is -0.133. The molecule has 1 aromatic heterocycles. The molecular weight excluding hydrogens is 382 g/mol. The Bertz CT molecular complexity index is 752. The van der Waals surface area contributed by atoms with E-state index in [2.05, 4.69) is 10.3 Å². The number of hydrogen-bond donors (Lipinski definition) is 2. The first-order valence-electron chi connectivity index (χ1n) is 7.47. The molecule has 0 unspecified atom stereocenters. The number of aromatic nitrogens is 2. The van der Waals surface area contributed by atoms with Crippen LogP contribution in [0.3, 0.4) is 0 Å². The van der Waals surface area contributed by atoms with Crippen LogP contribution in [0.4, 0.5) is 0 Å². The summed E-state index contributed by atoms with van der Waals surface area (Å²) in [6, 6.07) is 5.66. The van der Waals surface area contributed by atoms with Crippen molar-refractivity contribution in [3.8, 4) is 5.69 Å². The predicted molar refractivity (Wildman–Crippen MR) is 102 cm³/mol. The fourth-order valence-corrected chi connectivity index (χ4v) is 3.57. The van der Waals surface area contributed by atoms with Crippen LogP contribution in [-0.2, 0) is 9.59 Å². The van der Waals surface area contributed by atoms with Gasteiger partial charge in [-0.3, -0.25) is 14.2 Å². The van der Waals surface area contributed by atoms with Gasteiger partial charge in [-0.2, -0.15) is 0 Å². The van der Waals surface area contributed by atoms with E-state index >= 15 is 0 Å². The van der Waals surface area contributed by atoms with Gasteiger partial charge in [-0.05, 0) is 24.6 Å². The summed E-state index contributed by atoms with van der Waals surface area (Å²) in [6.07, 6.45) is 3.52. The third kappa shape index (κ3) is 5.98. The highest BCUT2D eigenvalue weighted by atomic mass is 35.5. The molecule has 134 valence electrons. The molecule has 1 heterocycles. The zero-order valence-corrected chi connectivity index (χ0v) is 16.0. The highest BCUT2D eigenvalue weighted by Gasteiger charge is 2.11. The number of carbonyl (C=O) groups is 2. The molecule has 2 N–H and O–H groups in total. The highest BCUT2D eigenvalue weighted by Crippen LogP contribution is 2.26. The minimum atomic E-state index is -0.852. The van der Waals surface area contributed by atoms with E-state index in [1.807, 2.05) is 35.9 Å². The molecule has 6 nitrogen and oxygen atoms in total. The molecule has 9 heteroatoms. The Labute approximate surface area is 159 Å². The van der Waals surface area contributed by atoms with Crippen molar-refractivity contribution >= 4 is 47.0 Å². The van der Waals surface area contributed by atoms with Gasteiger partial charge < -0.3 is 10.4 Å². The Morgan fingerprint density at radius 3 is 2.92 bits per heavy atom. The van der Waals surface area contributed by atoms with E-state index in [4.69, 9.17) is 16.7 Å². The third-order valence-corrected chi connectivity index (χ3v) is 5.55. The predicted octanol–water partition coefficient (Wildman–Crippen LogP) is 2.86. The number of carboxylic acid groups (broad SMARTS) is 1. The Hall–Kier alpha value is -1.64. The van der Waals surface area contributed by atoms with Crippen molar-refractivity contribution < 1.29 is 14.7 Å². The van der Waals surface area contributed by atoms with Gasteiger partial charge in [0.1, 0.15) is 0 Å². The van der Waals surface area contributed by atoms with Gasteiger partial charge in [-0.25, -0.2) is 4.98 Å². The fraction of sp³-hybridized carbons (Fsp3) is 0.312. The molecule has 0 atom stereocenters. The molecule has 2 rings (SSSR count). The molecule has 0 aliphatic heterocycles. The molecule has 0 aliphatic carbocycles. The summed E-state index contributed by atoms with van der Waals surface area (Å²) in [5.74, 6) is -0.117. The van der Waals surface area contributed by atoms with Gasteiger partial charge in [0.05, 0.1) is 17.2 Å². The number of carbonyl (C=O) groups excluding carboxylic acids is 1. The van der Waals surface area contributed by atoms with Crippen molar-refractivity contribution in [3.05, 3.63) is 41.2 Å². The largest absolute Gasteiger partial charge is 0.481 e. The smallest absolute Gasteiger partial charge is 0.313 e. The van der Waals surface area contributed by atoms with Gasteiger partial charge in [0.25, 0.3) is 0 Å². The van der Waals surface area contributed by atoms with Crippen LogP contribution < -0.4 is 5.32 Å². The van der Waals surface area contributed by atoms with E-state index in [-0.39, 0.29) is 17.4 Å². The summed E-state index contributed by atoms with van der Waals surface area (Å²) in [6.45, 7) is 2.38. The molecule has 25 heavy (non-hydrogen) atoms. The molecule has 0 saturated heterocycles. The van der Waals surface area contributed by atoms with Crippen LogP contribution in [0.1, 0.15) is 5.56 Å². The summed E-state index contributed by atoms with van der Waals surface area (Å²) < 4.78 is 1.90. The van der Waals surface area contributed by atoms with Gasteiger partial charge in [0.2, 0.25) is 5.91 Å². The second-order valence-corrected chi connectivity index (χ2v) is 7.50. The number of hydrogen-bond acceptors (Lipinski definition) is 5. The number of aliphatic carboxylic acids is 1. The molecule has 1 amide bonds. The second kappa shape index (κ2) is 9.74. The zero-order valence-electron chi connectivity index (χ0n) is 13.6. The average Bonchev–Trinajstić information content (AvgIpc) is 3.03. The van der Waals surface area contributed by atoms with Crippen LogP contribution in [0.15, 0.2) is 35.7 Å². The summed E-state index contributed by atoms with van der Waals surface area (Å²) in [5, 5.41) is 12.7. The van der Waals surface area contributed by atoms with Crippen molar-refractivity contribution in [2.24, 2.45) is 0 Å².